The molecule has 0 saturated carbocycles. The Labute approximate surface area is 122 Å². The zero-order valence-electron chi connectivity index (χ0n) is 9.62. The zero-order chi connectivity index (χ0) is 13.4. The van der Waals surface area contributed by atoms with E-state index in [1.807, 2.05) is 6.07 Å². The lowest BCUT2D eigenvalue weighted by molar-refractivity contribution is 0.612. The molecule has 0 aliphatic heterocycles. The fourth-order valence-electron chi connectivity index (χ4n) is 1.88. The number of aromatic amines is 1. The van der Waals surface area contributed by atoms with Gasteiger partial charge in [0, 0.05) is 27.7 Å². The number of nitrogens with one attached hydrogen (secondary N) is 1. The van der Waals surface area contributed by atoms with E-state index in [0.29, 0.717) is 28.5 Å². The molecule has 3 rings (SSSR count). The molecular weight excluding hydrogens is 333 g/mol. The van der Waals surface area contributed by atoms with Gasteiger partial charge in [-0.3, -0.25) is 0 Å². The van der Waals surface area contributed by atoms with Crippen LogP contribution in [0.4, 0.5) is 4.39 Å². The van der Waals surface area contributed by atoms with Gasteiger partial charge < -0.3 is 4.98 Å². The molecular formula is C13H8BrClFN3. The molecule has 6 heteroatoms. The summed E-state index contributed by atoms with van der Waals surface area (Å²) in [5.41, 5.74) is 1.84. The highest BCUT2D eigenvalue weighted by atomic mass is 79.9. The Morgan fingerprint density at radius 1 is 1.37 bits per heavy atom. The van der Waals surface area contributed by atoms with Gasteiger partial charge in [-0.15, -0.1) is 0 Å². The summed E-state index contributed by atoms with van der Waals surface area (Å²) in [7, 11) is 0. The average molecular weight is 341 g/mol. The van der Waals surface area contributed by atoms with E-state index in [-0.39, 0.29) is 5.82 Å². The molecule has 0 amide bonds. The summed E-state index contributed by atoms with van der Waals surface area (Å²) in [6.45, 7) is 0. The Morgan fingerprint density at radius 3 is 3.00 bits per heavy atom. The van der Waals surface area contributed by atoms with Crippen molar-refractivity contribution in [3.8, 4) is 0 Å². The second-order valence-electron chi connectivity index (χ2n) is 4.09. The van der Waals surface area contributed by atoms with Crippen LogP contribution in [-0.2, 0) is 6.42 Å². The molecule has 0 bridgehead atoms. The predicted octanol–water partition coefficient (Wildman–Crippen LogP) is 4.10. The second kappa shape index (κ2) is 4.90. The molecule has 3 nitrogen and oxygen atoms in total. The van der Waals surface area contributed by atoms with Gasteiger partial charge in [0.15, 0.2) is 5.65 Å². The van der Waals surface area contributed by atoms with Crippen molar-refractivity contribution < 1.29 is 4.39 Å². The van der Waals surface area contributed by atoms with E-state index >= 15 is 0 Å². The van der Waals surface area contributed by atoms with E-state index in [2.05, 4.69) is 30.9 Å². The van der Waals surface area contributed by atoms with Gasteiger partial charge in [0.1, 0.15) is 11.6 Å². The van der Waals surface area contributed by atoms with Crippen molar-refractivity contribution >= 4 is 38.7 Å². The minimum Gasteiger partial charge on any atom is -0.340 e. The number of pyridine rings is 1. The predicted molar refractivity (Wildman–Crippen MR) is 75.8 cm³/mol. The minimum absolute atomic E-state index is 0.305. The molecule has 0 saturated heterocycles. The first-order valence-electron chi connectivity index (χ1n) is 5.56. The van der Waals surface area contributed by atoms with Crippen molar-refractivity contribution in [2.45, 2.75) is 6.42 Å². The summed E-state index contributed by atoms with van der Waals surface area (Å²) in [5, 5.41) is 0.398. The lowest BCUT2D eigenvalue weighted by atomic mass is 10.1. The lowest BCUT2D eigenvalue weighted by Gasteiger charge is -2.02. The van der Waals surface area contributed by atoms with E-state index in [1.165, 1.54) is 6.07 Å². The molecule has 0 spiro atoms. The monoisotopic (exact) mass is 339 g/mol. The van der Waals surface area contributed by atoms with Crippen LogP contribution in [0, 0.1) is 5.82 Å². The smallest absolute Gasteiger partial charge is 0.177 e. The Kier molecular flexibility index (Phi) is 3.24. The number of benzene rings is 1. The molecule has 0 fully saturated rings. The third kappa shape index (κ3) is 2.48. The van der Waals surface area contributed by atoms with Crippen molar-refractivity contribution in [2.24, 2.45) is 0 Å². The summed E-state index contributed by atoms with van der Waals surface area (Å²) in [6, 6.07) is 6.51. The summed E-state index contributed by atoms with van der Waals surface area (Å²) >= 11 is 9.34. The molecule has 19 heavy (non-hydrogen) atoms. The van der Waals surface area contributed by atoms with Crippen molar-refractivity contribution in [3.63, 3.8) is 0 Å². The number of fused-ring (bicyclic) bond motifs is 1. The van der Waals surface area contributed by atoms with Gasteiger partial charge in [-0.05, 0) is 34.1 Å². The van der Waals surface area contributed by atoms with Gasteiger partial charge in [0.25, 0.3) is 0 Å². The summed E-state index contributed by atoms with van der Waals surface area (Å²) in [5.74, 6) is 0.301. The van der Waals surface area contributed by atoms with E-state index < -0.39 is 0 Å². The highest BCUT2D eigenvalue weighted by molar-refractivity contribution is 9.10. The molecule has 3 aromatic rings. The largest absolute Gasteiger partial charge is 0.340 e. The molecule has 1 N–H and O–H groups in total. The Balaban J connectivity index is 2.01. The first-order chi connectivity index (χ1) is 9.13. The van der Waals surface area contributed by atoms with Gasteiger partial charge in [-0.25, -0.2) is 14.4 Å². The second-order valence-corrected chi connectivity index (χ2v) is 5.41. The molecule has 0 unspecified atom stereocenters. The normalized spacial score (nSPS) is 11.1. The molecule has 0 radical (unpaired) electrons. The number of hydrogen-bond donors (Lipinski definition) is 1. The number of rotatable bonds is 2. The van der Waals surface area contributed by atoms with Gasteiger partial charge in [-0.2, -0.15) is 0 Å². The maximum atomic E-state index is 13.7. The van der Waals surface area contributed by atoms with Crippen LogP contribution in [0.2, 0.25) is 5.02 Å². The van der Waals surface area contributed by atoms with Crippen LogP contribution in [0.3, 0.4) is 0 Å². The Hall–Kier alpha value is -1.46. The molecule has 2 heterocycles. The SMILES string of the molecule is Fc1cccc(Cl)c1Cc1nc2ncc(Br)cc2[nH]1. The maximum absolute atomic E-state index is 13.7. The number of imidazole rings is 1. The van der Waals surface area contributed by atoms with Crippen molar-refractivity contribution in [1.29, 1.82) is 0 Å². The number of halogens is 3. The summed E-state index contributed by atoms with van der Waals surface area (Å²) < 4.78 is 14.6. The van der Waals surface area contributed by atoms with Crippen LogP contribution in [0.1, 0.15) is 11.4 Å². The van der Waals surface area contributed by atoms with Crippen molar-refractivity contribution in [2.75, 3.05) is 0 Å². The van der Waals surface area contributed by atoms with E-state index in [1.54, 1.807) is 18.3 Å². The van der Waals surface area contributed by atoms with Crippen LogP contribution >= 0.6 is 27.5 Å². The van der Waals surface area contributed by atoms with Crippen molar-refractivity contribution in [3.05, 3.63) is 57.2 Å². The van der Waals surface area contributed by atoms with E-state index in [4.69, 9.17) is 11.6 Å². The minimum atomic E-state index is -0.331. The molecule has 0 atom stereocenters. The number of H-pyrrole nitrogens is 1. The molecule has 2 aromatic heterocycles. The topological polar surface area (TPSA) is 41.6 Å². The number of hydrogen-bond acceptors (Lipinski definition) is 2. The Morgan fingerprint density at radius 2 is 2.21 bits per heavy atom. The molecule has 0 aliphatic carbocycles. The summed E-state index contributed by atoms with van der Waals surface area (Å²) in [4.78, 5) is 11.6. The van der Waals surface area contributed by atoms with Crippen molar-refractivity contribution in [1.82, 2.24) is 15.0 Å². The third-order valence-electron chi connectivity index (χ3n) is 2.76. The van der Waals surface area contributed by atoms with E-state index in [9.17, 15) is 4.39 Å². The average Bonchev–Trinajstić information content (AvgIpc) is 2.75. The zero-order valence-corrected chi connectivity index (χ0v) is 12.0. The third-order valence-corrected chi connectivity index (χ3v) is 3.55. The fourth-order valence-corrected chi connectivity index (χ4v) is 2.44. The fraction of sp³-hybridized carbons (Fsp3) is 0.0769. The standard InChI is InChI=1S/C13H8BrClFN3/c14-7-4-11-13(17-6-7)19-12(18-11)5-8-9(15)2-1-3-10(8)16/h1-4,6H,5H2,(H,17,18,19). The highest BCUT2D eigenvalue weighted by Gasteiger charge is 2.11. The molecule has 1 aromatic carbocycles. The number of nitrogens with zero attached hydrogens (tertiary/aromatic N) is 2. The van der Waals surface area contributed by atoms with E-state index in [0.717, 1.165) is 9.99 Å². The molecule has 96 valence electrons. The van der Waals surface area contributed by atoms with Gasteiger partial charge in [0.05, 0.1) is 5.52 Å². The first-order valence-corrected chi connectivity index (χ1v) is 6.73. The van der Waals surface area contributed by atoms with Gasteiger partial charge in [-0.1, -0.05) is 17.7 Å². The number of aromatic nitrogens is 3. The van der Waals surface area contributed by atoms with Crippen LogP contribution in [0.5, 0.6) is 0 Å². The van der Waals surface area contributed by atoms with Crippen LogP contribution in [0.15, 0.2) is 34.9 Å². The molecule has 0 aliphatic rings. The quantitative estimate of drug-likeness (QED) is 0.763. The van der Waals surface area contributed by atoms with Crippen LogP contribution in [0.25, 0.3) is 11.2 Å². The first kappa shape index (κ1) is 12.6. The summed E-state index contributed by atoms with van der Waals surface area (Å²) in [6.07, 6.45) is 1.97. The van der Waals surface area contributed by atoms with Gasteiger partial charge >= 0.3 is 0 Å². The lowest BCUT2D eigenvalue weighted by Crippen LogP contribution is -1.95. The Bertz CT molecular complexity index is 736. The van der Waals surface area contributed by atoms with Gasteiger partial charge in [0.2, 0.25) is 0 Å². The highest BCUT2D eigenvalue weighted by Crippen LogP contribution is 2.22. The van der Waals surface area contributed by atoms with Crippen LogP contribution in [-0.4, -0.2) is 15.0 Å². The van der Waals surface area contributed by atoms with Crippen LogP contribution < -0.4 is 0 Å². The maximum Gasteiger partial charge on any atom is 0.177 e.